The predicted molar refractivity (Wildman–Crippen MR) is 76.9 cm³/mol. The van der Waals surface area contributed by atoms with E-state index in [-0.39, 0.29) is 21.7 Å². The van der Waals surface area contributed by atoms with Crippen LogP contribution < -0.4 is 10.5 Å². The van der Waals surface area contributed by atoms with Crippen molar-refractivity contribution in [3.05, 3.63) is 59.4 Å². The number of rotatable bonds is 4. The lowest BCUT2D eigenvalue weighted by molar-refractivity contribution is 0.100. The largest absolute Gasteiger partial charge is 0.366 e. The van der Waals surface area contributed by atoms with E-state index in [1.807, 2.05) is 0 Å². The molecule has 2 aromatic rings. The summed E-state index contributed by atoms with van der Waals surface area (Å²) in [4.78, 5) is 11.2. The number of carbonyl (C=O) groups is 1. The highest BCUT2D eigenvalue weighted by molar-refractivity contribution is 7.92. The minimum atomic E-state index is -3.93. The second kappa shape index (κ2) is 5.53. The van der Waals surface area contributed by atoms with E-state index < -0.39 is 21.7 Å². The first-order valence-electron chi connectivity index (χ1n) is 5.99. The summed E-state index contributed by atoms with van der Waals surface area (Å²) in [5.41, 5.74) is 5.53. The van der Waals surface area contributed by atoms with E-state index in [1.165, 1.54) is 25.1 Å². The Balaban J connectivity index is 2.42. The summed E-state index contributed by atoms with van der Waals surface area (Å²) in [6, 6.07) is 9.41. The minimum absolute atomic E-state index is 0.0555. The van der Waals surface area contributed by atoms with Crippen molar-refractivity contribution in [3.8, 4) is 0 Å². The van der Waals surface area contributed by atoms with Gasteiger partial charge in [0, 0.05) is 0 Å². The zero-order valence-corrected chi connectivity index (χ0v) is 11.9. The van der Waals surface area contributed by atoms with Crippen LogP contribution in [0.3, 0.4) is 0 Å². The maximum absolute atomic E-state index is 13.2. The van der Waals surface area contributed by atoms with Gasteiger partial charge >= 0.3 is 0 Å². The van der Waals surface area contributed by atoms with E-state index >= 15 is 0 Å². The summed E-state index contributed by atoms with van der Waals surface area (Å²) in [5, 5.41) is 0. The summed E-state index contributed by atoms with van der Waals surface area (Å²) in [7, 11) is -3.93. The molecule has 0 bridgehead atoms. The number of nitrogens with two attached hydrogens (primary N) is 1. The molecule has 3 N–H and O–H groups in total. The third-order valence-electron chi connectivity index (χ3n) is 2.88. The number of halogens is 1. The van der Waals surface area contributed by atoms with Gasteiger partial charge in [-0.05, 0) is 42.8 Å². The lowest BCUT2D eigenvalue weighted by Gasteiger charge is -2.11. The molecule has 2 rings (SSSR count). The first-order valence-corrected chi connectivity index (χ1v) is 7.47. The first kappa shape index (κ1) is 15.0. The fourth-order valence-corrected chi connectivity index (χ4v) is 2.94. The quantitative estimate of drug-likeness (QED) is 0.905. The average molecular weight is 308 g/mol. The molecule has 0 aliphatic heterocycles. The second-order valence-corrected chi connectivity index (χ2v) is 6.11. The Labute approximate surface area is 121 Å². The molecule has 0 unspecified atom stereocenters. The fourth-order valence-electron chi connectivity index (χ4n) is 1.78. The van der Waals surface area contributed by atoms with Gasteiger partial charge in [0.25, 0.3) is 15.9 Å². The number of aryl methyl sites for hydroxylation is 1. The Hall–Kier alpha value is -2.41. The van der Waals surface area contributed by atoms with Crippen molar-refractivity contribution in [2.45, 2.75) is 11.8 Å². The monoisotopic (exact) mass is 308 g/mol. The molecule has 110 valence electrons. The standard InChI is InChI=1S/C14H13FN2O3S/c1-9-8-10(6-7-12(9)15)21(19,20)17-13-5-3-2-4-11(13)14(16)18/h2-8,17H,1H3,(H2,16,18). The number of anilines is 1. The third-order valence-corrected chi connectivity index (χ3v) is 4.24. The molecule has 5 nitrogen and oxygen atoms in total. The van der Waals surface area contributed by atoms with Crippen LogP contribution in [-0.2, 0) is 10.0 Å². The fraction of sp³-hybridized carbons (Fsp3) is 0.0714. The highest BCUT2D eigenvalue weighted by Gasteiger charge is 2.18. The van der Waals surface area contributed by atoms with Gasteiger partial charge in [-0.25, -0.2) is 12.8 Å². The van der Waals surface area contributed by atoms with E-state index in [0.717, 1.165) is 12.1 Å². The van der Waals surface area contributed by atoms with Gasteiger partial charge < -0.3 is 5.73 Å². The number of benzene rings is 2. The van der Waals surface area contributed by atoms with Gasteiger partial charge in [-0.2, -0.15) is 0 Å². The smallest absolute Gasteiger partial charge is 0.261 e. The first-order chi connectivity index (χ1) is 9.81. The van der Waals surface area contributed by atoms with Crippen molar-refractivity contribution < 1.29 is 17.6 Å². The Kier molecular flexibility index (Phi) is 3.95. The molecule has 0 aromatic heterocycles. The maximum Gasteiger partial charge on any atom is 0.261 e. The molecular weight excluding hydrogens is 295 g/mol. The van der Waals surface area contributed by atoms with Crippen molar-refractivity contribution >= 4 is 21.6 Å². The van der Waals surface area contributed by atoms with E-state index in [1.54, 1.807) is 12.1 Å². The van der Waals surface area contributed by atoms with Crippen LogP contribution in [0, 0.1) is 12.7 Å². The topological polar surface area (TPSA) is 89.3 Å². The lowest BCUT2D eigenvalue weighted by atomic mass is 10.2. The Bertz CT molecular complexity index is 804. The number of carbonyl (C=O) groups excluding carboxylic acids is 1. The molecule has 0 saturated heterocycles. The summed E-state index contributed by atoms with van der Waals surface area (Å²) in [6.07, 6.45) is 0. The molecule has 0 saturated carbocycles. The average Bonchev–Trinajstić information content (AvgIpc) is 2.41. The zero-order chi connectivity index (χ0) is 15.6. The van der Waals surface area contributed by atoms with Crippen LogP contribution in [0.4, 0.5) is 10.1 Å². The van der Waals surface area contributed by atoms with Gasteiger partial charge in [-0.3, -0.25) is 9.52 Å². The van der Waals surface area contributed by atoms with Gasteiger partial charge in [0.05, 0.1) is 16.1 Å². The van der Waals surface area contributed by atoms with Crippen LogP contribution >= 0.6 is 0 Å². The summed E-state index contributed by atoms with van der Waals surface area (Å²) < 4.78 is 40.0. The van der Waals surface area contributed by atoms with Gasteiger partial charge in [0.2, 0.25) is 0 Å². The van der Waals surface area contributed by atoms with Crippen LogP contribution in [0.2, 0.25) is 0 Å². The summed E-state index contributed by atoms with van der Waals surface area (Å²) >= 11 is 0. The van der Waals surface area contributed by atoms with Gasteiger partial charge in [-0.15, -0.1) is 0 Å². The van der Waals surface area contributed by atoms with Gasteiger partial charge in [0.15, 0.2) is 0 Å². The van der Waals surface area contributed by atoms with Gasteiger partial charge in [0.1, 0.15) is 5.82 Å². The molecule has 0 fully saturated rings. The SMILES string of the molecule is Cc1cc(S(=O)(=O)Nc2ccccc2C(N)=O)ccc1F. The molecule has 0 aliphatic carbocycles. The number of nitrogens with one attached hydrogen (secondary N) is 1. The highest BCUT2D eigenvalue weighted by Crippen LogP contribution is 2.21. The van der Waals surface area contributed by atoms with E-state index in [4.69, 9.17) is 5.73 Å². The van der Waals surface area contributed by atoms with Gasteiger partial charge in [-0.1, -0.05) is 12.1 Å². The Morgan fingerprint density at radius 1 is 1.19 bits per heavy atom. The molecule has 1 amide bonds. The van der Waals surface area contributed by atoms with Crippen LogP contribution in [0.5, 0.6) is 0 Å². The molecule has 2 aromatic carbocycles. The van der Waals surface area contributed by atoms with E-state index in [9.17, 15) is 17.6 Å². The Morgan fingerprint density at radius 3 is 2.48 bits per heavy atom. The van der Waals surface area contributed by atoms with E-state index in [2.05, 4.69) is 4.72 Å². The molecular formula is C14H13FN2O3S. The summed E-state index contributed by atoms with van der Waals surface area (Å²) in [6.45, 7) is 1.46. The van der Waals surface area contributed by atoms with E-state index in [0.29, 0.717) is 0 Å². The number of para-hydroxylation sites is 1. The predicted octanol–water partition coefficient (Wildman–Crippen LogP) is 2.03. The molecule has 0 spiro atoms. The number of hydrogen-bond acceptors (Lipinski definition) is 3. The second-order valence-electron chi connectivity index (χ2n) is 4.43. The lowest BCUT2D eigenvalue weighted by Crippen LogP contribution is -2.18. The molecule has 0 radical (unpaired) electrons. The molecule has 21 heavy (non-hydrogen) atoms. The number of amides is 1. The molecule has 0 aliphatic rings. The van der Waals surface area contributed by atoms with Crippen LogP contribution in [0.15, 0.2) is 47.4 Å². The number of hydrogen-bond donors (Lipinski definition) is 2. The van der Waals surface area contributed by atoms with Crippen molar-refractivity contribution in [1.29, 1.82) is 0 Å². The molecule has 0 atom stereocenters. The molecule has 7 heteroatoms. The Morgan fingerprint density at radius 2 is 1.86 bits per heavy atom. The molecule has 0 heterocycles. The normalized spacial score (nSPS) is 11.1. The van der Waals surface area contributed by atoms with Crippen molar-refractivity contribution in [1.82, 2.24) is 0 Å². The van der Waals surface area contributed by atoms with Crippen LogP contribution in [-0.4, -0.2) is 14.3 Å². The van der Waals surface area contributed by atoms with Crippen LogP contribution in [0.25, 0.3) is 0 Å². The minimum Gasteiger partial charge on any atom is -0.366 e. The van der Waals surface area contributed by atoms with Crippen molar-refractivity contribution in [2.75, 3.05) is 4.72 Å². The number of sulfonamides is 1. The van der Waals surface area contributed by atoms with Crippen molar-refractivity contribution in [3.63, 3.8) is 0 Å². The number of primary amides is 1. The summed E-state index contributed by atoms with van der Waals surface area (Å²) in [5.74, 6) is -1.24. The highest BCUT2D eigenvalue weighted by atomic mass is 32.2. The van der Waals surface area contributed by atoms with Crippen molar-refractivity contribution in [2.24, 2.45) is 5.73 Å². The van der Waals surface area contributed by atoms with Crippen LogP contribution in [0.1, 0.15) is 15.9 Å². The maximum atomic E-state index is 13.2. The zero-order valence-electron chi connectivity index (χ0n) is 11.1. The third kappa shape index (κ3) is 3.19.